The van der Waals surface area contributed by atoms with Gasteiger partial charge in [0.25, 0.3) is 5.56 Å². The highest BCUT2D eigenvalue weighted by molar-refractivity contribution is 6.40. The van der Waals surface area contributed by atoms with Crippen molar-refractivity contribution in [1.29, 1.82) is 0 Å². The van der Waals surface area contributed by atoms with Gasteiger partial charge in [-0.05, 0) is 45.4 Å². The van der Waals surface area contributed by atoms with Crippen LogP contribution in [-0.2, 0) is 14.9 Å². The van der Waals surface area contributed by atoms with Crippen LogP contribution in [0.3, 0.4) is 0 Å². The summed E-state index contributed by atoms with van der Waals surface area (Å²) >= 11 is 0. The Kier molecular flexibility index (Phi) is 7.95. The molecule has 2 heterocycles. The summed E-state index contributed by atoms with van der Waals surface area (Å²) in [6.07, 6.45) is 16.5. The zero-order valence-electron chi connectivity index (χ0n) is 26.8. The number of ether oxygens (including phenoxy) is 1. The number of aromatic hydroxyl groups is 1. The number of hydrogen-bond acceptors (Lipinski definition) is 5. The van der Waals surface area contributed by atoms with Crippen molar-refractivity contribution < 1.29 is 19.2 Å². The molecule has 1 aromatic heterocycles. The topological polar surface area (TPSA) is 93.5 Å². The van der Waals surface area contributed by atoms with E-state index in [1.165, 1.54) is 33.9 Å². The summed E-state index contributed by atoms with van der Waals surface area (Å²) in [5.41, 5.74) is 2.87. The van der Waals surface area contributed by atoms with E-state index in [9.17, 15) is 19.5 Å². The summed E-state index contributed by atoms with van der Waals surface area (Å²) in [7, 11) is 1.52. The van der Waals surface area contributed by atoms with Crippen LogP contribution in [0.15, 0.2) is 51.3 Å². The Hall–Kier alpha value is -3.68. The van der Waals surface area contributed by atoms with Gasteiger partial charge in [0.05, 0.1) is 23.7 Å². The third kappa shape index (κ3) is 4.61. The highest BCUT2D eigenvalue weighted by Gasteiger charge is 2.52. The lowest BCUT2D eigenvalue weighted by Crippen LogP contribution is -2.46. The number of carbonyl (C=O) groups excluding carboxylic acids is 1. The van der Waals surface area contributed by atoms with Crippen molar-refractivity contribution in [1.82, 2.24) is 9.13 Å². The molecule has 2 aromatic rings. The largest absolute Gasteiger partial charge is 0.495 e. The molecule has 8 nitrogen and oxygen atoms in total. The van der Waals surface area contributed by atoms with Gasteiger partial charge in [0, 0.05) is 29.8 Å². The van der Waals surface area contributed by atoms with E-state index in [-0.39, 0.29) is 40.3 Å². The smallest absolute Gasteiger partial charge is 0.334 e. The molecule has 1 spiro atoms. The molecule has 45 heavy (non-hydrogen) atoms. The highest BCUT2D eigenvalue weighted by atomic mass is 16.5. The predicted octanol–water partition coefficient (Wildman–Crippen LogP) is 6.61. The Morgan fingerprint density at radius 1 is 0.889 bits per heavy atom. The lowest BCUT2D eigenvalue weighted by Gasteiger charge is -2.33. The molecular formula is C37H46N3O5+. The minimum absolute atomic E-state index is 0.0795. The van der Waals surface area contributed by atoms with E-state index < -0.39 is 11.2 Å². The number of rotatable bonds is 6. The first-order valence-corrected chi connectivity index (χ1v) is 17.3. The maximum atomic E-state index is 14.2. The first-order valence-electron chi connectivity index (χ1n) is 17.3. The van der Waals surface area contributed by atoms with Crippen LogP contribution in [0.2, 0.25) is 0 Å². The first kappa shape index (κ1) is 30.0. The molecule has 0 unspecified atom stereocenters. The third-order valence-corrected chi connectivity index (χ3v) is 11.4. The minimum atomic E-state index is -0.576. The standard InChI is InChI=1S/C37H45N3O5/c1-3-38-28-20-12-11-19-27(28)37(21-13-6-14-22-37)29(38)23-26-32(41)30(33(26)45-2)31-34(42)39(24-15-7-4-8-16-24)36(44)40(35(31)43)25-17-9-5-10-18-25/h11-12,19-20,23-25H,3-10,13-18,21-22H2,1-2H3/p+1. The summed E-state index contributed by atoms with van der Waals surface area (Å²) < 4.78 is 11.0. The van der Waals surface area contributed by atoms with Crippen LogP contribution in [0.25, 0.3) is 5.57 Å². The monoisotopic (exact) mass is 612 g/mol. The molecule has 0 amide bonds. The number of para-hydroxylation sites is 1. The third-order valence-electron chi connectivity index (χ3n) is 11.4. The molecule has 1 aliphatic heterocycles. The molecule has 8 heteroatoms. The molecule has 238 valence electrons. The van der Waals surface area contributed by atoms with Crippen molar-refractivity contribution in [2.24, 2.45) is 0 Å². The van der Waals surface area contributed by atoms with Crippen LogP contribution in [0.4, 0.5) is 5.69 Å². The molecule has 3 saturated carbocycles. The number of Topliss-reactive ketones (excluding diaryl/α,β-unsaturated/α-hetero) is 1. The van der Waals surface area contributed by atoms with Crippen LogP contribution in [0.5, 0.6) is 5.88 Å². The van der Waals surface area contributed by atoms with E-state index in [2.05, 4.69) is 35.8 Å². The molecule has 5 aliphatic rings. The van der Waals surface area contributed by atoms with Gasteiger partial charge < -0.3 is 9.84 Å². The van der Waals surface area contributed by atoms with Crippen molar-refractivity contribution in [3.8, 4) is 5.88 Å². The van der Waals surface area contributed by atoms with Crippen LogP contribution in [0, 0.1) is 0 Å². The zero-order chi connectivity index (χ0) is 31.3. The van der Waals surface area contributed by atoms with Gasteiger partial charge >= 0.3 is 5.69 Å². The molecule has 4 aliphatic carbocycles. The van der Waals surface area contributed by atoms with Crippen molar-refractivity contribution in [2.75, 3.05) is 13.7 Å². The van der Waals surface area contributed by atoms with Gasteiger partial charge in [-0.15, -0.1) is 0 Å². The van der Waals surface area contributed by atoms with Gasteiger partial charge in [-0.3, -0.25) is 18.7 Å². The molecule has 1 aromatic carbocycles. The zero-order valence-corrected chi connectivity index (χ0v) is 26.8. The average Bonchev–Trinajstić information content (AvgIpc) is 3.32. The number of methoxy groups -OCH3 is 1. The Morgan fingerprint density at radius 3 is 2.11 bits per heavy atom. The summed E-state index contributed by atoms with van der Waals surface area (Å²) in [6, 6.07) is 8.14. The lowest BCUT2D eigenvalue weighted by molar-refractivity contribution is -0.433. The fourth-order valence-corrected chi connectivity index (χ4v) is 9.18. The number of nitrogens with zero attached hydrogens (tertiary/aromatic N) is 3. The van der Waals surface area contributed by atoms with Crippen LogP contribution >= 0.6 is 0 Å². The average molecular weight is 613 g/mol. The highest BCUT2D eigenvalue weighted by Crippen LogP contribution is 2.50. The molecule has 0 bridgehead atoms. The maximum Gasteiger partial charge on any atom is 0.334 e. The van der Waals surface area contributed by atoms with Gasteiger partial charge in [0.2, 0.25) is 17.4 Å². The molecular weight excluding hydrogens is 566 g/mol. The van der Waals surface area contributed by atoms with Crippen LogP contribution in [-0.4, -0.2) is 44.0 Å². The minimum Gasteiger partial charge on any atom is -0.495 e. The van der Waals surface area contributed by atoms with Crippen molar-refractivity contribution in [3.63, 3.8) is 0 Å². The number of carbonyl (C=O) groups is 1. The summed E-state index contributed by atoms with van der Waals surface area (Å²) in [4.78, 5) is 42.5. The van der Waals surface area contributed by atoms with E-state index in [1.807, 2.05) is 6.08 Å². The molecule has 0 atom stereocenters. The van der Waals surface area contributed by atoms with Crippen LogP contribution < -0.4 is 11.2 Å². The normalized spacial score (nSPS) is 23.2. The molecule has 0 saturated heterocycles. The van der Waals surface area contributed by atoms with E-state index in [1.54, 1.807) is 0 Å². The second kappa shape index (κ2) is 11.9. The number of allylic oxidation sites excluding steroid dienone is 3. The quantitative estimate of drug-likeness (QED) is 0.293. The lowest BCUT2D eigenvalue weighted by atomic mass is 9.66. The second-order valence-electron chi connectivity index (χ2n) is 13.7. The number of benzene rings is 1. The number of hydrogen-bond donors (Lipinski definition) is 1. The SMILES string of the molecule is CC[N+]1=C(/C=C2\C(=O)C(c3c(O)n(C4CCCCC4)c(=O)n(C4CCCCC4)c3=O)=C2OC)C2(CCCCC2)c2ccccc21. The Bertz CT molecular complexity index is 1740. The second-order valence-corrected chi connectivity index (χ2v) is 13.7. The van der Waals surface area contributed by atoms with Gasteiger partial charge in [0.1, 0.15) is 17.9 Å². The molecule has 3 fully saturated rings. The summed E-state index contributed by atoms with van der Waals surface area (Å²) in [6.45, 7) is 2.91. The Morgan fingerprint density at radius 2 is 1.49 bits per heavy atom. The Balaban J connectivity index is 1.41. The number of ketones is 1. The van der Waals surface area contributed by atoms with E-state index in [0.717, 1.165) is 102 Å². The maximum absolute atomic E-state index is 14.2. The van der Waals surface area contributed by atoms with Gasteiger partial charge in [-0.2, -0.15) is 4.58 Å². The van der Waals surface area contributed by atoms with Crippen molar-refractivity contribution in [2.45, 2.75) is 121 Å². The Labute approximate surface area is 264 Å². The number of aromatic nitrogens is 2. The van der Waals surface area contributed by atoms with Gasteiger partial charge in [-0.1, -0.05) is 76.0 Å². The molecule has 7 rings (SSSR count). The molecule has 1 N–H and O–H groups in total. The predicted molar refractivity (Wildman–Crippen MR) is 175 cm³/mol. The molecule has 0 radical (unpaired) electrons. The van der Waals surface area contributed by atoms with E-state index >= 15 is 0 Å². The fraction of sp³-hybridized carbons (Fsp3) is 0.568. The van der Waals surface area contributed by atoms with Gasteiger partial charge in [-0.25, -0.2) is 4.79 Å². The van der Waals surface area contributed by atoms with Gasteiger partial charge in [0.15, 0.2) is 5.71 Å². The van der Waals surface area contributed by atoms with Crippen LogP contribution in [0.1, 0.15) is 126 Å². The van der Waals surface area contributed by atoms with E-state index in [0.29, 0.717) is 11.3 Å². The van der Waals surface area contributed by atoms with Crippen molar-refractivity contribution in [3.05, 3.63) is 73.6 Å². The van der Waals surface area contributed by atoms with E-state index in [4.69, 9.17) is 4.74 Å². The van der Waals surface area contributed by atoms with Crippen molar-refractivity contribution >= 4 is 22.8 Å². The fourth-order valence-electron chi connectivity index (χ4n) is 9.18. The first-order chi connectivity index (χ1) is 21.9. The summed E-state index contributed by atoms with van der Waals surface area (Å²) in [5, 5.41) is 11.7. The number of fused-ring (bicyclic) bond motifs is 2. The summed E-state index contributed by atoms with van der Waals surface area (Å²) in [5.74, 6) is -0.378.